The van der Waals surface area contributed by atoms with Crippen LogP contribution < -0.4 is 0 Å². The van der Waals surface area contributed by atoms with Crippen LogP contribution in [0.2, 0.25) is 0 Å². The van der Waals surface area contributed by atoms with Gasteiger partial charge in [0.25, 0.3) is 0 Å². The average molecular weight is 280 g/mol. The first-order chi connectivity index (χ1) is 9.99. The van der Waals surface area contributed by atoms with Crippen molar-refractivity contribution in [3.05, 3.63) is 53.1 Å². The highest BCUT2D eigenvalue weighted by Gasteiger charge is 2.15. The van der Waals surface area contributed by atoms with Crippen LogP contribution in [0.15, 0.2) is 36.4 Å². The minimum absolute atomic E-state index is 0.276. The van der Waals surface area contributed by atoms with Gasteiger partial charge in [0.05, 0.1) is 16.6 Å². The number of imidazole rings is 1. The van der Waals surface area contributed by atoms with Gasteiger partial charge in [0.15, 0.2) is 0 Å². The predicted molar refractivity (Wildman–Crippen MR) is 82.6 cm³/mol. The molecule has 0 atom stereocenters. The zero-order chi connectivity index (χ0) is 15.1. The van der Waals surface area contributed by atoms with Gasteiger partial charge < -0.3 is 9.67 Å². The van der Waals surface area contributed by atoms with Gasteiger partial charge in [-0.05, 0) is 43.2 Å². The maximum atomic E-state index is 11.1. The molecule has 0 spiro atoms. The Morgan fingerprint density at radius 3 is 2.43 bits per heavy atom. The third-order valence-corrected chi connectivity index (χ3v) is 3.83. The summed E-state index contributed by atoms with van der Waals surface area (Å²) in [5.41, 5.74) is 5.33. The molecular formula is C17H16N2O2. The summed E-state index contributed by atoms with van der Waals surface area (Å²) in [7, 11) is 1.92. The lowest BCUT2D eigenvalue weighted by atomic mass is 10.0. The Hall–Kier alpha value is -2.62. The van der Waals surface area contributed by atoms with Gasteiger partial charge in [0.2, 0.25) is 0 Å². The number of rotatable bonds is 2. The lowest BCUT2D eigenvalue weighted by molar-refractivity contribution is 0.0697. The van der Waals surface area contributed by atoms with E-state index < -0.39 is 5.97 Å². The third kappa shape index (κ3) is 2.09. The second kappa shape index (κ2) is 4.74. The normalized spacial score (nSPS) is 11.0. The van der Waals surface area contributed by atoms with Crippen molar-refractivity contribution in [1.82, 2.24) is 9.55 Å². The van der Waals surface area contributed by atoms with E-state index in [2.05, 4.69) is 31.0 Å². The van der Waals surface area contributed by atoms with Gasteiger partial charge in [-0.15, -0.1) is 0 Å². The van der Waals surface area contributed by atoms with Crippen LogP contribution in [0.1, 0.15) is 21.5 Å². The summed E-state index contributed by atoms with van der Waals surface area (Å²) in [6.45, 7) is 4.12. The third-order valence-electron chi connectivity index (χ3n) is 3.83. The molecule has 0 aliphatic heterocycles. The van der Waals surface area contributed by atoms with Crippen molar-refractivity contribution in [3.8, 4) is 11.4 Å². The molecule has 21 heavy (non-hydrogen) atoms. The summed E-state index contributed by atoms with van der Waals surface area (Å²) in [6, 6.07) is 11.2. The smallest absolute Gasteiger partial charge is 0.335 e. The summed E-state index contributed by atoms with van der Waals surface area (Å²) >= 11 is 0. The van der Waals surface area contributed by atoms with E-state index in [0.29, 0.717) is 0 Å². The summed E-state index contributed by atoms with van der Waals surface area (Å²) < 4.78 is 1.96. The van der Waals surface area contributed by atoms with E-state index in [1.54, 1.807) is 18.2 Å². The van der Waals surface area contributed by atoms with Gasteiger partial charge in [0.1, 0.15) is 5.82 Å². The van der Waals surface area contributed by atoms with Crippen molar-refractivity contribution >= 4 is 17.0 Å². The van der Waals surface area contributed by atoms with Crippen LogP contribution in [0.3, 0.4) is 0 Å². The number of benzene rings is 2. The second-order valence-corrected chi connectivity index (χ2v) is 5.27. The quantitative estimate of drug-likeness (QED) is 0.781. The fourth-order valence-electron chi connectivity index (χ4n) is 2.71. The van der Waals surface area contributed by atoms with Crippen molar-refractivity contribution in [1.29, 1.82) is 0 Å². The minimum atomic E-state index is -0.924. The van der Waals surface area contributed by atoms with Crippen LogP contribution in [-0.4, -0.2) is 20.6 Å². The molecule has 0 fully saturated rings. The van der Waals surface area contributed by atoms with Gasteiger partial charge in [0, 0.05) is 12.6 Å². The number of nitrogens with zero attached hydrogens (tertiary/aromatic N) is 2. The number of fused-ring (bicyclic) bond motifs is 1. The molecule has 0 aliphatic carbocycles. The monoisotopic (exact) mass is 280 g/mol. The summed E-state index contributed by atoms with van der Waals surface area (Å²) in [4.78, 5) is 15.8. The molecule has 1 heterocycles. The summed E-state index contributed by atoms with van der Waals surface area (Å²) in [6.07, 6.45) is 0. The first-order valence-corrected chi connectivity index (χ1v) is 6.75. The zero-order valence-electron chi connectivity index (χ0n) is 12.2. The molecule has 0 aliphatic rings. The lowest BCUT2D eigenvalue weighted by Gasteiger charge is -2.09. The highest BCUT2D eigenvalue weighted by molar-refractivity contribution is 5.93. The summed E-state index contributed by atoms with van der Waals surface area (Å²) in [5.74, 6) is -0.0603. The average Bonchev–Trinajstić information content (AvgIpc) is 2.75. The molecule has 4 nitrogen and oxygen atoms in total. The van der Waals surface area contributed by atoms with Crippen molar-refractivity contribution in [2.75, 3.05) is 0 Å². The number of carboxylic acid groups (broad SMARTS) is 1. The van der Waals surface area contributed by atoms with E-state index in [1.165, 1.54) is 0 Å². The fraction of sp³-hybridized carbons (Fsp3) is 0.176. The van der Waals surface area contributed by atoms with Crippen molar-refractivity contribution in [2.24, 2.45) is 7.05 Å². The molecule has 3 aromatic rings. The molecule has 0 radical (unpaired) electrons. The number of hydrogen-bond donors (Lipinski definition) is 1. The Labute approximate surface area is 122 Å². The maximum absolute atomic E-state index is 11.1. The zero-order valence-corrected chi connectivity index (χ0v) is 12.2. The molecule has 4 heteroatoms. The summed E-state index contributed by atoms with van der Waals surface area (Å²) in [5, 5.41) is 9.12. The molecule has 0 bridgehead atoms. The SMILES string of the molecule is Cc1cccc(C)c1-c1nc2ccc(C(=O)O)cc2n1C. The Morgan fingerprint density at radius 2 is 1.81 bits per heavy atom. The predicted octanol–water partition coefficient (Wildman–Crippen LogP) is 3.56. The maximum Gasteiger partial charge on any atom is 0.335 e. The van der Waals surface area contributed by atoms with Crippen LogP contribution in [0.4, 0.5) is 0 Å². The van der Waals surface area contributed by atoms with Crippen LogP contribution in [0.5, 0.6) is 0 Å². The van der Waals surface area contributed by atoms with E-state index in [1.807, 2.05) is 17.7 Å². The first kappa shape index (κ1) is 13.4. The molecule has 1 N–H and O–H groups in total. The van der Waals surface area contributed by atoms with E-state index in [-0.39, 0.29) is 5.56 Å². The van der Waals surface area contributed by atoms with E-state index in [9.17, 15) is 4.79 Å². The minimum Gasteiger partial charge on any atom is -0.478 e. The Morgan fingerprint density at radius 1 is 1.14 bits per heavy atom. The highest BCUT2D eigenvalue weighted by atomic mass is 16.4. The molecule has 1 aromatic heterocycles. The van der Waals surface area contributed by atoms with Crippen LogP contribution in [0.25, 0.3) is 22.4 Å². The van der Waals surface area contributed by atoms with Gasteiger partial charge >= 0.3 is 5.97 Å². The number of carboxylic acids is 1. The number of aromatic nitrogens is 2. The number of hydrogen-bond acceptors (Lipinski definition) is 2. The van der Waals surface area contributed by atoms with Gasteiger partial charge in [-0.2, -0.15) is 0 Å². The molecule has 106 valence electrons. The Balaban J connectivity index is 2.30. The van der Waals surface area contributed by atoms with Crippen LogP contribution in [0, 0.1) is 13.8 Å². The van der Waals surface area contributed by atoms with Crippen molar-refractivity contribution < 1.29 is 9.90 Å². The first-order valence-electron chi connectivity index (χ1n) is 6.75. The molecule has 0 saturated carbocycles. The number of carbonyl (C=O) groups is 1. The van der Waals surface area contributed by atoms with Crippen molar-refractivity contribution in [2.45, 2.75) is 13.8 Å². The fourth-order valence-corrected chi connectivity index (χ4v) is 2.71. The molecule has 0 amide bonds. The van der Waals surface area contributed by atoms with Gasteiger partial charge in [-0.1, -0.05) is 18.2 Å². The topological polar surface area (TPSA) is 55.1 Å². The molecule has 0 saturated heterocycles. The Kier molecular flexibility index (Phi) is 3.01. The van der Waals surface area contributed by atoms with E-state index in [0.717, 1.165) is 33.5 Å². The lowest BCUT2D eigenvalue weighted by Crippen LogP contribution is -1.98. The van der Waals surface area contributed by atoms with E-state index >= 15 is 0 Å². The molecule has 2 aromatic carbocycles. The Bertz CT molecular complexity index is 842. The molecule has 3 rings (SSSR count). The van der Waals surface area contributed by atoms with Gasteiger partial charge in [-0.3, -0.25) is 0 Å². The molecule has 0 unspecified atom stereocenters. The van der Waals surface area contributed by atoms with E-state index in [4.69, 9.17) is 5.11 Å². The van der Waals surface area contributed by atoms with Crippen LogP contribution in [-0.2, 0) is 7.05 Å². The number of aromatic carboxylic acids is 1. The largest absolute Gasteiger partial charge is 0.478 e. The van der Waals surface area contributed by atoms with Crippen molar-refractivity contribution in [3.63, 3.8) is 0 Å². The van der Waals surface area contributed by atoms with Crippen LogP contribution >= 0.6 is 0 Å². The second-order valence-electron chi connectivity index (χ2n) is 5.27. The highest BCUT2D eigenvalue weighted by Crippen LogP contribution is 2.29. The number of aryl methyl sites for hydroxylation is 3. The standard InChI is InChI=1S/C17H16N2O2/c1-10-5-4-6-11(2)15(10)16-18-13-8-7-12(17(20)21)9-14(13)19(16)3/h4-9H,1-3H3,(H,20,21). The molecular weight excluding hydrogens is 264 g/mol. The van der Waals surface area contributed by atoms with Gasteiger partial charge in [-0.25, -0.2) is 9.78 Å².